The van der Waals surface area contributed by atoms with Crippen LogP contribution >= 0.6 is 0 Å². The quantitative estimate of drug-likeness (QED) is 0.802. The smallest absolute Gasteiger partial charge is 0.125 e. The summed E-state index contributed by atoms with van der Waals surface area (Å²) in [6.45, 7) is 2.66. The highest BCUT2D eigenvalue weighted by Gasteiger charge is 2.03. The van der Waals surface area contributed by atoms with E-state index in [4.69, 9.17) is 10.2 Å². The van der Waals surface area contributed by atoms with Crippen LogP contribution in [0.15, 0.2) is 28.8 Å². The van der Waals surface area contributed by atoms with E-state index in [1.54, 1.807) is 16.9 Å². The Labute approximate surface area is 82.3 Å². The second-order valence-corrected chi connectivity index (χ2v) is 3.14. The van der Waals surface area contributed by atoms with Gasteiger partial charge in [-0.05, 0) is 18.2 Å². The van der Waals surface area contributed by atoms with Crippen LogP contribution in [0.25, 0.3) is 0 Å². The number of aryl methyl sites for hydroxylation is 1. The fourth-order valence-electron chi connectivity index (χ4n) is 1.32. The number of aromatic nitrogens is 2. The van der Waals surface area contributed by atoms with Crippen molar-refractivity contribution in [3.63, 3.8) is 0 Å². The first kappa shape index (κ1) is 8.87. The zero-order valence-corrected chi connectivity index (χ0v) is 8.10. The molecule has 0 spiro atoms. The highest BCUT2D eigenvalue weighted by molar-refractivity contribution is 5.26. The molecule has 0 aliphatic carbocycles. The van der Waals surface area contributed by atoms with Crippen molar-refractivity contribution in [2.24, 2.45) is 0 Å². The van der Waals surface area contributed by atoms with Crippen LogP contribution in [0.5, 0.6) is 0 Å². The van der Waals surface area contributed by atoms with Gasteiger partial charge in [0.05, 0.1) is 6.20 Å². The fourth-order valence-corrected chi connectivity index (χ4v) is 1.32. The van der Waals surface area contributed by atoms with Crippen molar-refractivity contribution in [2.45, 2.75) is 19.9 Å². The molecule has 0 saturated carbocycles. The third-order valence-electron chi connectivity index (χ3n) is 2.12. The lowest BCUT2D eigenvalue weighted by Crippen LogP contribution is -2.04. The summed E-state index contributed by atoms with van der Waals surface area (Å²) in [4.78, 5) is 0. The summed E-state index contributed by atoms with van der Waals surface area (Å²) in [5.41, 5.74) is 5.69. The summed E-state index contributed by atoms with van der Waals surface area (Å²) >= 11 is 0. The van der Waals surface area contributed by atoms with Crippen LogP contribution in [0.2, 0.25) is 0 Å². The van der Waals surface area contributed by atoms with E-state index in [0.717, 1.165) is 17.9 Å². The molecule has 0 fully saturated rings. The van der Waals surface area contributed by atoms with Crippen LogP contribution < -0.4 is 5.73 Å². The first-order valence-corrected chi connectivity index (χ1v) is 4.64. The van der Waals surface area contributed by atoms with Crippen molar-refractivity contribution in [3.05, 3.63) is 35.9 Å². The molecule has 0 bridgehead atoms. The second kappa shape index (κ2) is 3.57. The SMILES string of the molecule is CCc1ccc(Cn2nccc2N)o1. The molecule has 2 N–H and O–H groups in total. The average molecular weight is 191 g/mol. The van der Waals surface area contributed by atoms with Crippen molar-refractivity contribution < 1.29 is 4.42 Å². The Morgan fingerprint density at radius 2 is 2.14 bits per heavy atom. The number of hydrogen-bond donors (Lipinski definition) is 1. The Bertz CT molecular complexity index is 416. The van der Waals surface area contributed by atoms with Gasteiger partial charge in [0.25, 0.3) is 0 Å². The topological polar surface area (TPSA) is 57.0 Å². The Morgan fingerprint density at radius 3 is 2.71 bits per heavy atom. The lowest BCUT2D eigenvalue weighted by molar-refractivity contribution is 0.449. The van der Waals surface area contributed by atoms with E-state index in [0.29, 0.717) is 12.4 Å². The molecule has 0 aromatic carbocycles. The monoisotopic (exact) mass is 191 g/mol. The maximum absolute atomic E-state index is 5.69. The molecule has 2 aromatic rings. The highest BCUT2D eigenvalue weighted by atomic mass is 16.3. The summed E-state index contributed by atoms with van der Waals surface area (Å²) in [5.74, 6) is 2.53. The third-order valence-corrected chi connectivity index (χ3v) is 2.12. The van der Waals surface area contributed by atoms with E-state index in [9.17, 15) is 0 Å². The molecule has 0 unspecified atom stereocenters. The minimum Gasteiger partial charge on any atom is -0.464 e. The molecule has 0 radical (unpaired) electrons. The number of hydrogen-bond acceptors (Lipinski definition) is 3. The maximum Gasteiger partial charge on any atom is 0.125 e. The minimum atomic E-state index is 0.596. The highest BCUT2D eigenvalue weighted by Crippen LogP contribution is 2.11. The summed E-state index contributed by atoms with van der Waals surface area (Å²) in [6, 6.07) is 5.71. The van der Waals surface area contributed by atoms with Crippen molar-refractivity contribution in [1.29, 1.82) is 0 Å². The number of rotatable bonds is 3. The van der Waals surface area contributed by atoms with Crippen molar-refractivity contribution in [3.8, 4) is 0 Å². The maximum atomic E-state index is 5.69. The largest absolute Gasteiger partial charge is 0.464 e. The second-order valence-electron chi connectivity index (χ2n) is 3.14. The van der Waals surface area contributed by atoms with E-state index >= 15 is 0 Å². The van der Waals surface area contributed by atoms with Gasteiger partial charge in [-0.25, -0.2) is 4.68 Å². The molecule has 4 heteroatoms. The number of nitrogens with zero attached hydrogens (tertiary/aromatic N) is 2. The molecule has 0 atom stereocenters. The number of nitrogen functional groups attached to an aromatic ring is 1. The fraction of sp³-hybridized carbons (Fsp3) is 0.300. The van der Waals surface area contributed by atoms with Gasteiger partial charge in [-0.1, -0.05) is 6.92 Å². The standard InChI is InChI=1S/C10H13N3O/c1-2-8-3-4-9(14-8)7-13-10(11)5-6-12-13/h3-6H,2,7,11H2,1H3. The summed E-state index contributed by atoms with van der Waals surface area (Å²) in [7, 11) is 0. The molecular weight excluding hydrogens is 178 g/mol. The Hall–Kier alpha value is -1.71. The lowest BCUT2D eigenvalue weighted by Gasteiger charge is -2.00. The Kier molecular flexibility index (Phi) is 2.26. The average Bonchev–Trinajstić information content (AvgIpc) is 2.77. The normalized spacial score (nSPS) is 10.6. The van der Waals surface area contributed by atoms with Crippen molar-refractivity contribution in [1.82, 2.24) is 9.78 Å². The van der Waals surface area contributed by atoms with Gasteiger partial charge in [0.15, 0.2) is 0 Å². The van der Waals surface area contributed by atoms with E-state index in [-0.39, 0.29) is 0 Å². The molecular formula is C10H13N3O. The van der Waals surface area contributed by atoms with Crippen LogP contribution in [0.3, 0.4) is 0 Å². The van der Waals surface area contributed by atoms with Gasteiger partial charge in [-0.15, -0.1) is 0 Å². The predicted molar refractivity (Wildman–Crippen MR) is 53.8 cm³/mol. The van der Waals surface area contributed by atoms with Gasteiger partial charge >= 0.3 is 0 Å². The number of anilines is 1. The van der Waals surface area contributed by atoms with Crippen LogP contribution in [0.1, 0.15) is 18.4 Å². The van der Waals surface area contributed by atoms with Gasteiger partial charge < -0.3 is 10.2 Å². The van der Waals surface area contributed by atoms with Gasteiger partial charge in [0.1, 0.15) is 23.9 Å². The molecule has 0 amide bonds. The minimum absolute atomic E-state index is 0.596. The van der Waals surface area contributed by atoms with Gasteiger partial charge in [0.2, 0.25) is 0 Å². The zero-order chi connectivity index (χ0) is 9.97. The lowest BCUT2D eigenvalue weighted by atomic mass is 10.3. The Morgan fingerprint density at radius 1 is 1.36 bits per heavy atom. The first-order chi connectivity index (χ1) is 6.79. The predicted octanol–water partition coefficient (Wildman–Crippen LogP) is 1.67. The molecule has 0 saturated heterocycles. The summed E-state index contributed by atoms with van der Waals surface area (Å²) < 4.78 is 7.25. The molecule has 2 aromatic heterocycles. The van der Waals surface area contributed by atoms with E-state index in [1.165, 1.54) is 0 Å². The van der Waals surface area contributed by atoms with Crippen LogP contribution in [-0.4, -0.2) is 9.78 Å². The number of nitrogens with two attached hydrogens (primary N) is 1. The number of furan rings is 1. The van der Waals surface area contributed by atoms with Gasteiger partial charge in [0, 0.05) is 6.42 Å². The van der Waals surface area contributed by atoms with E-state index in [1.807, 2.05) is 12.1 Å². The van der Waals surface area contributed by atoms with Crippen LogP contribution in [0, 0.1) is 0 Å². The van der Waals surface area contributed by atoms with Crippen LogP contribution in [-0.2, 0) is 13.0 Å². The van der Waals surface area contributed by atoms with Crippen molar-refractivity contribution >= 4 is 5.82 Å². The Balaban J connectivity index is 2.15. The first-order valence-electron chi connectivity index (χ1n) is 4.64. The summed E-state index contributed by atoms with van der Waals surface area (Å²) in [5, 5.41) is 4.08. The summed E-state index contributed by atoms with van der Waals surface area (Å²) in [6.07, 6.45) is 2.59. The molecule has 74 valence electrons. The molecule has 2 heterocycles. The van der Waals surface area contributed by atoms with Crippen LogP contribution in [0.4, 0.5) is 5.82 Å². The zero-order valence-electron chi connectivity index (χ0n) is 8.10. The molecule has 4 nitrogen and oxygen atoms in total. The van der Waals surface area contributed by atoms with E-state index < -0.39 is 0 Å². The van der Waals surface area contributed by atoms with Crippen molar-refractivity contribution in [2.75, 3.05) is 5.73 Å². The molecule has 0 aliphatic rings. The third kappa shape index (κ3) is 1.64. The molecule has 2 rings (SSSR count). The van der Waals surface area contributed by atoms with Gasteiger partial charge in [-0.3, -0.25) is 0 Å². The molecule has 0 aliphatic heterocycles. The van der Waals surface area contributed by atoms with Gasteiger partial charge in [-0.2, -0.15) is 5.10 Å². The molecule has 14 heavy (non-hydrogen) atoms. The van der Waals surface area contributed by atoms with E-state index in [2.05, 4.69) is 12.0 Å².